The third-order valence-corrected chi connectivity index (χ3v) is 7.84. The number of nitrogens with one attached hydrogen (secondary N) is 3. The number of amides is 3. The monoisotopic (exact) mass is 577 g/mol. The minimum atomic E-state index is -1.04. The summed E-state index contributed by atoms with van der Waals surface area (Å²) in [6, 6.07) is 15.1. The molecular weight excluding hydrogens is 546 g/mol. The van der Waals surface area contributed by atoms with Gasteiger partial charge in [-0.1, -0.05) is 17.7 Å². The van der Waals surface area contributed by atoms with Crippen LogP contribution in [-0.4, -0.2) is 66.6 Å². The Morgan fingerprint density at radius 3 is 2.34 bits per heavy atom. The largest absolute Gasteiger partial charge is 0.457 e. The van der Waals surface area contributed by atoms with Crippen molar-refractivity contribution in [3.8, 4) is 11.5 Å². The van der Waals surface area contributed by atoms with Crippen LogP contribution >= 0.6 is 11.3 Å². The van der Waals surface area contributed by atoms with Gasteiger partial charge in [0.1, 0.15) is 23.4 Å². The number of nitrogens with zero attached hydrogens (tertiary/aromatic N) is 1. The zero-order valence-corrected chi connectivity index (χ0v) is 23.3. The predicted molar refractivity (Wildman–Crippen MR) is 152 cm³/mol. The van der Waals surface area contributed by atoms with Crippen LogP contribution in [0.5, 0.6) is 11.5 Å². The van der Waals surface area contributed by atoms with Crippen LogP contribution in [0.2, 0.25) is 0 Å². The molecule has 1 atom stereocenters. The predicted octanol–water partition coefficient (Wildman–Crippen LogP) is 2.52. The van der Waals surface area contributed by atoms with Gasteiger partial charge in [0.25, 0.3) is 5.91 Å². The molecule has 1 aromatic heterocycles. The molecule has 5 rings (SSSR count). The van der Waals surface area contributed by atoms with Gasteiger partial charge in [0.15, 0.2) is 5.79 Å². The first-order valence-electron chi connectivity index (χ1n) is 13.1. The summed E-state index contributed by atoms with van der Waals surface area (Å²) in [7, 11) is 0. The summed E-state index contributed by atoms with van der Waals surface area (Å²) < 4.78 is 17.4. The van der Waals surface area contributed by atoms with E-state index in [1.54, 1.807) is 35.7 Å². The van der Waals surface area contributed by atoms with Gasteiger partial charge in [-0.15, -0.1) is 11.3 Å². The van der Waals surface area contributed by atoms with Gasteiger partial charge in [-0.25, -0.2) is 0 Å². The smallest absolute Gasteiger partial charge is 0.251 e. The van der Waals surface area contributed by atoms with Crippen LogP contribution in [0.1, 0.15) is 32.8 Å². The molecule has 1 unspecified atom stereocenters. The highest BCUT2D eigenvalue weighted by atomic mass is 32.1. The Balaban J connectivity index is 1.18. The number of carbonyl (C=O) groups is 3. The number of likely N-dealkylation sites (tertiary alicyclic amines) is 1. The topological polar surface area (TPSA) is 156 Å². The van der Waals surface area contributed by atoms with Crippen LogP contribution in [0.3, 0.4) is 0 Å². The summed E-state index contributed by atoms with van der Waals surface area (Å²) in [5, 5.41) is 14.8. The average molecular weight is 578 g/mol. The minimum Gasteiger partial charge on any atom is -0.457 e. The van der Waals surface area contributed by atoms with E-state index in [4.69, 9.17) is 25.4 Å². The second kappa shape index (κ2) is 12.1. The maximum atomic E-state index is 13.2. The Morgan fingerprint density at radius 1 is 1.05 bits per heavy atom. The standard InChI is InChI=1S/C29H31N5O6S/c1-18-2-6-21(7-3-18)40-22-8-4-19(5-9-22)27(36)33-15-25(35)34-17-29(38-10-11-39-29)13-24(34)28(37)32-14-23-12-20(16-41-23)26(30)31/h2-9,12,16,24H,10-11,13-15,17H2,1H3,(H3,30,31)(H,32,37)(H,33,36). The maximum absolute atomic E-state index is 13.2. The van der Waals surface area contributed by atoms with E-state index in [1.165, 1.54) is 16.2 Å². The van der Waals surface area contributed by atoms with Gasteiger partial charge < -0.3 is 35.5 Å². The Kier molecular flexibility index (Phi) is 8.34. The van der Waals surface area contributed by atoms with Gasteiger partial charge in [-0.05, 0) is 49.4 Å². The average Bonchev–Trinajstić information content (AvgIpc) is 3.73. The number of ether oxygens (including phenoxy) is 3. The molecule has 0 radical (unpaired) electrons. The molecule has 3 aromatic rings. The summed E-state index contributed by atoms with van der Waals surface area (Å²) in [5.74, 6) is -1.04. The fraction of sp³-hybridized carbons (Fsp3) is 0.310. The number of nitrogen functional groups attached to an aromatic ring is 1. The number of aryl methyl sites for hydroxylation is 1. The lowest BCUT2D eigenvalue weighted by atomic mass is 10.1. The van der Waals surface area contributed by atoms with Crippen molar-refractivity contribution in [2.75, 3.05) is 26.3 Å². The van der Waals surface area contributed by atoms with Crippen LogP contribution in [0.15, 0.2) is 60.0 Å². The van der Waals surface area contributed by atoms with Crippen LogP contribution in [0.25, 0.3) is 0 Å². The molecule has 1 spiro atoms. The van der Waals surface area contributed by atoms with Crippen LogP contribution in [-0.2, 0) is 25.6 Å². The van der Waals surface area contributed by atoms with E-state index >= 15 is 0 Å². The molecule has 2 aliphatic heterocycles. The van der Waals surface area contributed by atoms with Crippen molar-refractivity contribution in [2.24, 2.45) is 5.73 Å². The summed E-state index contributed by atoms with van der Waals surface area (Å²) in [5.41, 5.74) is 7.60. The van der Waals surface area contributed by atoms with E-state index in [-0.39, 0.29) is 37.8 Å². The zero-order valence-electron chi connectivity index (χ0n) is 22.5. The molecule has 2 aliphatic rings. The van der Waals surface area contributed by atoms with Crippen molar-refractivity contribution >= 4 is 34.9 Å². The normalized spacial score (nSPS) is 17.4. The van der Waals surface area contributed by atoms with Crippen molar-refractivity contribution in [3.63, 3.8) is 0 Å². The number of benzene rings is 2. The molecular formula is C29H31N5O6S. The van der Waals surface area contributed by atoms with Crippen molar-refractivity contribution in [2.45, 2.75) is 31.7 Å². The molecule has 2 fully saturated rings. The Bertz CT molecular complexity index is 1430. The summed E-state index contributed by atoms with van der Waals surface area (Å²) >= 11 is 1.38. The summed E-state index contributed by atoms with van der Waals surface area (Å²) in [4.78, 5) is 41.4. The number of nitrogens with two attached hydrogens (primary N) is 1. The first kappa shape index (κ1) is 28.3. The van der Waals surface area contributed by atoms with E-state index in [0.717, 1.165) is 10.4 Å². The van der Waals surface area contributed by atoms with Gasteiger partial charge >= 0.3 is 0 Å². The van der Waals surface area contributed by atoms with Crippen LogP contribution < -0.4 is 21.1 Å². The van der Waals surface area contributed by atoms with Gasteiger partial charge in [0, 0.05) is 27.8 Å². The first-order chi connectivity index (χ1) is 19.7. The Morgan fingerprint density at radius 2 is 1.71 bits per heavy atom. The quantitative estimate of drug-likeness (QED) is 0.225. The number of amidine groups is 1. The molecule has 214 valence electrons. The van der Waals surface area contributed by atoms with Crippen molar-refractivity contribution < 1.29 is 28.6 Å². The summed E-state index contributed by atoms with van der Waals surface area (Å²) in [6.07, 6.45) is 0.185. The number of thiophene rings is 1. The SMILES string of the molecule is Cc1ccc(Oc2ccc(C(=O)NCC(=O)N3CC4(CC3C(=O)NCc3cc(C(=N)N)cs3)OCCO4)cc2)cc1. The van der Waals surface area contributed by atoms with Crippen LogP contribution in [0, 0.1) is 12.3 Å². The van der Waals surface area contributed by atoms with Crippen molar-refractivity contribution in [1.82, 2.24) is 15.5 Å². The lowest BCUT2D eigenvalue weighted by Crippen LogP contribution is -2.49. The first-order valence-corrected chi connectivity index (χ1v) is 14.0. The molecule has 0 aliphatic carbocycles. The van der Waals surface area contributed by atoms with E-state index in [1.807, 2.05) is 31.2 Å². The zero-order chi connectivity index (χ0) is 29.0. The van der Waals surface area contributed by atoms with Crippen molar-refractivity contribution in [3.05, 3.63) is 81.5 Å². The van der Waals surface area contributed by atoms with Gasteiger partial charge in [-0.3, -0.25) is 19.8 Å². The molecule has 41 heavy (non-hydrogen) atoms. The molecule has 0 bridgehead atoms. The number of rotatable bonds is 9. The minimum absolute atomic E-state index is 0.0440. The fourth-order valence-electron chi connectivity index (χ4n) is 4.72. The molecule has 2 saturated heterocycles. The number of hydrogen-bond donors (Lipinski definition) is 4. The van der Waals surface area contributed by atoms with Gasteiger partial charge in [0.05, 0.1) is 32.8 Å². The fourth-order valence-corrected chi connectivity index (χ4v) is 5.55. The van der Waals surface area contributed by atoms with Crippen LogP contribution in [0.4, 0.5) is 0 Å². The third kappa shape index (κ3) is 6.73. The van der Waals surface area contributed by atoms with Gasteiger partial charge in [0.2, 0.25) is 11.8 Å². The molecule has 2 aromatic carbocycles. The van der Waals surface area contributed by atoms with E-state index in [2.05, 4.69) is 10.6 Å². The highest BCUT2D eigenvalue weighted by Crippen LogP contribution is 2.35. The second-order valence-electron chi connectivity index (χ2n) is 9.90. The lowest BCUT2D eigenvalue weighted by molar-refractivity contribution is -0.152. The second-order valence-corrected chi connectivity index (χ2v) is 10.9. The van der Waals surface area contributed by atoms with E-state index < -0.39 is 23.6 Å². The Hall–Kier alpha value is -4.26. The number of carbonyl (C=O) groups excluding carboxylic acids is 3. The summed E-state index contributed by atoms with van der Waals surface area (Å²) in [6.45, 7) is 2.75. The van der Waals surface area contributed by atoms with E-state index in [9.17, 15) is 14.4 Å². The molecule has 3 heterocycles. The maximum Gasteiger partial charge on any atom is 0.251 e. The van der Waals surface area contributed by atoms with Crippen molar-refractivity contribution in [1.29, 1.82) is 5.41 Å². The lowest BCUT2D eigenvalue weighted by Gasteiger charge is -2.24. The highest BCUT2D eigenvalue weighted by Gasteiger charge is 2.52. The molecule has 12 heteroatoms. The third-order valence-electron chi connectivity index (χ3n) is 6.90. The molecule has 3 amide bonds. The van der Waals surface area contributed by atoms with Gasteiger partial charge in [-0.2, -0.15) is 0 Å². The molecule has 5 N–H and O–H groups in total. The number of hydrogen-bond acceptors (Lipinski definition) is 8. The molecule has 11 nitrogen and oxygen atoms in total. The van der Waals surface area contributed by atoms with E-state index in [0.29, 0.717) is 35.8 Å². The molecule has 0 saturated carbocycles. The highest BCUT2D eigenvalue weighted by molar-refractivity contribution is 7.10. The Labute approximate surface area is 241 Å².